The van der Waals surface area contributed by atoms with Crippen LogP contribution in [0.4, 0.5) is 0 Å². The Bertz CT molecular complexity index is 368. The molecule has 0 heteroatoms. The van der Waals surface area contributed by atoms with Crippen LogP contribution in [-0.2, 0) is 0 Å². The molecule has 0 heterocycles. The Balaban J connectivity index is 0.000000204. The predicted molar refractivity (Wildman–Crippen MR) is 124 cm³/mol. The third-order valence-electron chi connectivity index (χ3n) is 7.74. The van der Waals surface area contributed by atoms with Crippen LogP contribution in [0, 0.1) is 34.0 Å². The van der Waals surface area contributed by atoms with Gasteiger partial charge in [-0.25, -0.2) is 0 Å². The highest BCUT2D eigenvalue weighted by molar-refractivity contribution is 4.80. The second-order valence-electron chi connectivity index (χ2n) is 13.0. The van der Waals surface area contributed by atoms with Gasteiger partial charge in [0.05, 0.1) is 0 Å². The third kappa shape index (κ3) is 9.85. The van der Waals surface area contributed by atoms with E-state index >= 15 is 0 Å². The average molecular weight is 379 g/mol. The zero-order chi connectivity index (χ0) is 20.7. The van der Waals surface area contributed by atoms with E-state index < -0.39 is 0 Å². The minimum atomic E-state index is 0.570. The molecule has 0 unspecified atom stereocenters. The largest absolute Gasteiger partial charge is 0.0599 e. The molecule has 0 aliphatic heterocycles. The van der Waals surface area contributed by atoms with Gasteiger partial charge in [0.1, 0.15) is 0 Å². The molecule has 3 aliphatic carbocycles. The Labute approximate surface area is 173 Å². The van der Waals surface area contributed by atoms with Crippen LogP contribution >= 0.6 is 0 Å². The Morgan fingerprint density at radius 2 is 0.556 bits per heavy atom. The molecule has 3 saturated carbocycles. The van der Waals surface area contributed by atoms with Gasteiger partial charge in [-0.2, -0.15) is 0 Å². The van der Waals surface area contributed by atoms with Crippen molar-refractivity contribution < 1.29 is 0 Å². The van der Waals surface area contributed by atoms with E-state index in [9.17, 15) is 0 Å². The molecule has 0 aromatic heterocycles. The molecule has 3 aliphatic rings. The number of hydrogen-bond acceptors (Lipinski definition) is 0. The fourth-order valence-electron chi connectivity index (χ4n) is 5.03. The predicted octanol–water partition coefficient (Wildman–Crippen LogP) is 9.67. The first-order valence-corrected chi connectivity index (χ1v) is 12.3. The summed E-state index contributed by atoms with van der Waals surface area (Å²) in [6, 6.07) is 0. The Morgan fingerprint density at radius 3 is 0.704 bits per heavy atom. The highest BCUT2D eigenvalue weighted by Gasteiger charge is 2.29. The third-order valence-corrected chi connectivity index (χ3v) is 7.74. The van der Waals surface area contributed by atoms with E-state index in [-0.39, 0.29) is 0 Å². The molecule has 162 valence electrons. The molecule has 0 radical (unpaired) electrons. The first kappa shape index (κ1) is 25.0. The van der Waals surface area contributed by atoms with Crippen LogP contribution in [-0.4, -0.2) is 0 Å². The van der Waals surface area contributed by atoms with E-state index in [0.29, 0.717) is 16.2 Å². The van der Waals surface area contributed by atoms with Gasteiger partial charge in [0.15, 0.2) is 0 Å². The van der Waals surface area contributed by atoms with Crippen LogP contribution in [0.1, 0.15) is 139 Å². The van der Waals surface area contributed by atoms with Gasteiger partial charge in [0.2, 0.25) is 0 Å². The summed E-state index contributed by atoms with van der Waals surface area (Å²) in [6.45, 7) is 21.3. The van der Waals surface area contributed by atoms with Gasteiger partial charge in [-0.1, -0.05) is 101 Å². The van der Waals surface area contributed by atoms with Crippen molar-refractivity contribution in [3.63, 3.8) is 0 Å². The SMILES string of the molecule is CC(C)(C)C1CCC1.CC(C)(C)C1CCCC1.CC(C)(C)C1CCCCC1. The smallest absolute Gasteiger partial charge is 0.0354 e. The summed E-state index contributed by atoms with van der Waals surface area (Å²) in [5, 5.41) is 0. The highest BCUT2D eigenvalue weighted by atomic mass is 14.3. The van der Waals surface area contributed by atoms with Crippen molar-refractivity contribution in [3.05, 3.63) is 0 Å². The molecular weight excluding hydrogens is 324 g/mol. The van der Waals surface area contributed by atoms with E-state index in [2.05, 4.69) is 62.3 Å². The molecule has 27 heavy (non-hydrogen) atoms. The van der Waals surface area contributed by atoms with Crippen LogP contribution in [0.5, 0.6) is 0 Å². The average Bonchev–Trinajstić information content (AvgIpc) is 2.99. The summed E-state index contributed by atoms with van der Waals surface area (Å²) >= 11 is 0. The van der Waals surface area contributed by atoms with Crippen LogP contribution < -0.4 is 0 Å². The van der Waals surface area contributed by atoms with E-state index in [4.69, 9.17) is 0 Å². The topological polar surface area (TPSA) is 0 Å². The van der Waals surface area contributed by atoms with Crippen molar-refractivity contribution in [2.75, 3.05) is 0 Å². The molecule has 0 atom stereocenters. The van der Waals surface area contributed by atoms with Gasteiger partial charge in [0, 0.05) is 0 Å². The van der Waals surface area contributed by atoms with Crippen molar-refractivity contribution in [1.82, 2.24) is 0 Å². The first-order valence-electron chi connectivity index (χ1n) is 12.3. The van der Waals surface area contributed by atoms with Gasteiger partial charge in [-0.3, -0.25) is 0 Å². The monoisotopic (exact) mass is 378 g/mol. The maximum absolute atomic E-state index is 2.38. The van der Waals surface area contributed by atoms with Crippen molar-refractivity contribution in [2.24, 2.45) is 34.0 Å². The molecule has 0 nitrogen and oxygen atoms in total. The van der Waals surface area contributed by atoms with Crippen LogP contribution in [0.3, 0.4) is 0 Å². The van der Waals surface area contributed by atoms with Gasteiger partial charge >= 0.3 is 0 Å². The maximum atomic E-state index is 2.38. The Kier molecular flexibility index (Phi) is 9.91. The van der Waals surface area contributed by atoms with E-state index in [1.165, 1.54) is 77.0 Å². The molecule has 3 rings (SSSR count). The van der Waals surface area contributed by atoms with Gasteiger partial charge in [0.25, 0.3) is 0 Å². The lowest BCUT2D eigenvalue weighted by Crippen LogP contribution is -2.26. The lowest BCUT2D eigenvalue weighted by molar-refractivity contribution is 0.141. The fourth-order valence-corrected chi connectivity index (χ4v) is 5.03. The van der Waals surface area contributed by atoms with Crippen LogP contribution in [0.15, 0.2) is 0 Å². The van der Waals surface area contributed by atoms with Gasteiger partial charge in [-0.05, 0) is 72.5 Å². The molecule has 0 aromatic rings. The van der Waals surface area contributed by atoms with Crippen molar-refractivity contribution in [2.45, 2.75) is 139 Å². The highest BCUT2D eigenvalue weighted by Crippen LogP contribution is 2.41. The summed E-state index contributed by atoms with van der Waals surface area (Å²) < 4.78 is 0. The quantitative estimate of drug-likeness (QED) is 0.393. The summed E-state index contributed by atoms with van der Waals surface area (Å²) in [4.78, 5) is 0. The Morgan fingerprint density at radius 1 is 0.333 bits per heavy atom. The molecule has 0 aromatic carbocycles. The summed E-state index contributed by atoms with van der Waals surface area (Å²) in [5.74, 6) is 3.04. The minimum absolute atomic E-state index is 0.570. The molecule has 0 spiro atoms. The number of hydrogen-bond donors (Lipinski definition) is 0. The minimum Gasteiger partial charge on any atom is -0.0599 e. The van der Waals surface area contributed by atoms with E-state index in [0.717, 1.165) is 17.8 Å². The van der Waals surface area contributed by atoms with Crippen molar-refractivity contribution in [1.29, 1.82) is 0 Å². The first-order chi connectivity index (χ1) is 12.3. The van der Waals surface area contributed by atoms with Crippen molar-refractivity contribution in [3.8, 4) is 0 Å². The van der Waals surface area contributed by atoms with Crippen molar-refractivity contribution >= 4 is 0 Å². The van der Waals surface area contributed by atoms with Crippen LogP contribution in [0.2, 0.25) is 0 Å². The molecular formula is C27H54. The summed E-state index contributed by atoms with van der Waals surface area (Å²) in [6.07, 6.45) is 17.7. The second-order valence-corrected chi connectivity index (χ2v) is 13.0. The molecule has 0 amide bonds. The molecule has 0 saturated heterocycles. The van der Waals surface area contributed by atoms with Crippen LogP contribution in [0.25, 0.3) is 0 Å². The normalized spacial score (nSPS) is 23.0. The van der Waals surface area contributed by atoms with E-state index in [1.807, 2.05) is 0 Å². The summed E-state index contributed by atoms with van der Waals surface area (Å²) in [7, 11) is 0. The zero-order valence-corrected chi connectivity index (χ0v) is 20.7. The maximum Gasteiger partial charge on any atom is -0.0354 e. The standard InChI is InChI=1S/C10H20.C9H18.C8H16/c1-10(2,3)9-7-5-4-6-8-9;1-9(2,3)8-6-4-5-7-8;1-8(2,3)7-5-4-6-7/h9H,4-8H2,1-3H3;8H,4-7H2,1-3H3;7H,4-6H2,1-3H3. The zero-order valence-electron chi connectivity index (χ0n) is 20.7. The molecule has 3 fully saturated rings. The number of rotatable bonds is 0. The van der Waals surface area contributed by atoms with Gasteiger partial charge in [-0.15, -0.1) is 0 Å². The second kappa shape index (κ2) is 10.7. The molecule has 0 bridgehead atoms. The molecule has 0 N–H and O–H groups in total. The van der Waals surface area contributed by atoms with Gasteiger partial charge < -0.3 is 0 Å². The lowest BCUT2D eigenvalue weighted by atomic mass is 9.69. The summed E-state index contributed by atoms with van der Waals surface area (Å²) in [5.41, 5.74) is 1.75. The fraction of sp³-hybridized carbons (Fsp3) is 1.00. The van der Waals surface area contributed by atoms with E-state index in [1.54, 1.807) is 0 Å². The Hall–Kier alpha value is 0. The lowest BCUT2D eigenvalue weighted by Gasteiger charge is -2.37.